The normalized spacial score (nSPS) is 10.4. The second-order valence-corrected chi connectivity index (χ2v) is 7.80. The number of nitrogens with one attached hydrogen (secondary N) is 1. The molecule has 0 aliphatic rings. The first-order valence-corrected chi connectivity index (χ1v) is 9.94. The van der Waals surface area contributed by atoms with Gasteiger partial charge in [-0.2, -0.15) is 0 Å². The molecule has 138 valence electrons. The number of nitrogens with zero attached hydrogens (tertiary/aromatic N) is 2. The summed E-state index contributed by atoms with van der Waals surface area (Å²) < 4.78 is 6.07. The molecule has 1 amide bonds. The number of Topliss-reactive ketones (excluding diaryl/α,β-unsaturated/α-hetero) is 1. The molecule has 0 aliphatic carbocycles. The lowest BCUT2D eigenvalue weighted by Gasteiger charge is -2.05. The van der Waals surface area contributed by atoms with Crippen molar-refractivity contribution in [3.05, 3.63) is 65.7 Å². The summed E-state index contributed by atoms with van der Waals surface area (Å²) in [7, 11) is 0. The van der Waals surface area contributed by atoms with Gasteiger partial charge in [-0.15, -0.1) is 10.2 Å². The van der Waals surface area contributed by atoms with Gasteiger partial charge >= 0.3 is 0 Å². The monoisotopic (exact) mass is 399 g/mol. The first kappa shape index (κ1) is 19.1. The zero-order valence-corrected chi connectivity index (χ0v) is 16.2. The quantitative estimate of drug-likeness (QED) is 0.352. The number of thioether (sulfide) groups is 1. The van der Waals surface area contributed by atoms with Crippen LogP contribution >= 0.6 is 23.1 Å². The maximum Gasteiger partial charge on any atom is 0.264 e. The van der Waals surface area contributed by atoms with Gasteiger partial charge in [-0.1, -0.05) is 65.6 Å². The molecule has 3 aromatic rings. The predicted molar refractivity (Wildman–Crippen MR) is 107 cm³/mol. The minimum atomic E-state index is -0.315. The van der Waals surface area contributed by atoms with Gasteiger partial charge in [-0.05, 0) is 24.6 Å². The standard InChI is InChI=1S/C19H17N3O3S2/c1-13-6-5-9-15(10-13)25-11-17(24)20-18-21-22-19(27-18)26-12-16(23)14-7-3-2-4-8-14/h2-10H,11-12H2,1H3,(H,20,21,24). The Morgan fingerprint density at radius 1 is 1.11 bits per heavy atom. The van der Waals surface area contributed by atoms with E-state index in [0.717, 1.165) is 5.56 Å². The van der Waals surface area contributed by atoms with Crippen molar-refractivity contribution in [1.29, 1.82) is 0 Å². The highest BCUT2D eigenvalue weighted by Gasteiger charge is 2.12. The summed E-state index contributed by atoms with van der Waals surface area (Å²) in [5, 5.41) is 10.9. The molecule has 2 aromatic carbocycles. The van der Waals surface area contributed by atoms with E-state index in [4.69, 9.17) is 4.74 Å². The first-order chi connectivity index (χ1) is 13.1. The van der Waals surface area contributed by atoms with Crippen molar-refractivity contribution in [2.45, 2.75) is 11.3 Å². The van der Waals surface area contributed by atoms with Crippen LogP contribution in [0.5, 0.6) is 5.75 Å². The van der Waals surface area contributed by atoms with Crippen LogP contribution in [0.25, 0.3) is 0 Å². The van der Waals surface area contributed by atoms with Gasteiger partial charge < -0.3 is 4.74 Å². The van der Waals surface area contributed by atoms with E-state index in [9.17, 15) is 9.59 Å². The third-order valence-corrected chi connectivity index (χ3v) is 5.41. The molecule has 3 rings (SSSR count). The molecule has 0 radical (unpaired) electrons. The molecule has 1 aromatic heterocycles. The van der Waals surface area contributed by atoms with E-state index < -0.39 is 0 Å². The number of hydrogen-bond acceptors (Lipinski definition) is 7. The average Bonchev–Trinajstić information content (AvgIpc) is 3.12. The SMILES string of the molecule is Cc1cccc(OCC(=O)Nc2nnc(SCC(=O)c3ccccc3)s2)c1. The van der Waals surface area contributed by atoms with Gasteiger partial charge in [0.15, 0.2) is 16.7 Å². The Balaban J connectivity index is 1.46. The molecule has 0 fully saturated rings. The van der Waals surface area contributed by atoms with Crippen molar-refractivity contribution >= 4 is 39.9 Å². The molecule has 0 aliphatic heterocycles. The van der Waals surface area contributed by atoms with Crippen molar-refractivity contribution < 1.29 is 14.3 Å². The molecule has 0 saturated heterocycles. The zero-order valence-electron chi connectivity index (χ0n) is 14.5. The molecule has 27 heavy (non-hydrogen) atoms. The predicted octanol–water partition coefficient (Wildman–Crippen LogP) is 3.84. The molecule has 0 unspecified atom stereocenters. The van der Waals surface area contributed by atoms with Crippen molar-refractivity contribution in [2.75, 3.05) is 17.7 Å². The summed E-state index contributed by atoms with van der Waals surface area (Å²) >= 11 is 2.52. The number of benzene rings is 2. The molecular formula is C19H17N3O3S2. The van der Waals surface area contributed by atoms with Crippen LogP contribution in [0.1, 0.15) is 15.9 Å². The fourth-order valence-electron chi connectivity index (χ4n) is 2.16. The summed E-state index contributed by atoms with van der Waals surface area (Å²) in [5.41, 5.74) is 1.72. The van der Waals surface area contributed by atoms with E-state index >= 15 is 0 Å². The van der Waals surface area contributed by atoms with Gasteiger partial charge in [0.1, 0.15) is 5.75 Å². The highest BCUT2D eigenvalue weighted by Crippen LogP contribution is 2.26. The third-order valence-electron chi connectivity index (χ3n) is 3.43. The molecule has 0 atom stereocenters. The Morgan fingerprint density at radius 2 is 1.93 bits per heavy atom. The molecule has 1 heterocycles. The van der Waals surface area contributed by atoms with E-state index in [1.54, 1.807) is 18.2 Å². The number of rotatable bonds is 8. The van der Waals surface area contributed by atoms with Crippen LogP contribution < -0.4 is 10.1 Å². The van der Waals surface area contributed by atoms with Crippen molar-refractivity contribution in [3.63, 3.8) is 0 Å². The number of aryl methyl sites for hydroxylation is 1. The van der Waals surface area contributed by atoms with Crippen LogP contribution in [0.15, 0.2) is 58.9 Å². The van der Waals surface area contributed by atoms with Gasteiger partial charge in [0.25, 0.3) is 5.91 Å². The molecule has 0 bridgehead atoms. The van der Waals surface area contributed by atoms with Gasteiger partial charge in [-0.25, -0.2) is 0 Å². The van der Waals surface area contributed by atoms with Gasteiger partial charge in [0, 0.05) is 5.56 Å². The smallest absolute Gasteiger partial charge is 0.264 e. The Labute approximate surface area is 165 Å². The first-order valence-electron chi connectivity index (χ1n) is 8.14. The summed E-state index contributed by atoms with van der Waals surface area (Å²) in [6, 6.07) is 16.6. The lowest BCUT2D eigenvalue weighted by molar-refractivity contribution is -0.118. The number of anilines is 1. The lowest BCUT2D eigenvalue weighted by atomic mass is 10.2. The van der Waals surface area contributed by atoms with E-state index in [-0.39, 0.29) is 24.1 Å². The van der Waals surface area contributed by atoms with E-state index in [0.29, 0.717) is 20.8 Å². The molecule has 1 N–H and O–H groups in total. The molecule has 8 heteroatoms. The number of ether oxygens (including phenoxy) is 1. The molecule has 6 nitrogen and oxygen atoms in total. The van der Waals surface area contributed by atoms with Gasteiger partial charge in [0.05, 0.1) is 5.75 Å². The van der Waals surface area contributed by atoms with E-state index in [1.165, 1.54) is 23.1 Å². The van der Waals surface area contributed by atoms with Crippen molar-refractivity contribution in [2.24, 2.45) is 0 Å². The Hall–Kier alpha value is -2.71. The minimum absolute atomic E-state index is 0.0212. The summed E-state index contributed by atoms with van der Waals surface area (Å²) in [6.45, 7) is 1.84. The minimum Gasteiger partial charge on any atom is -0.484 e. The van der Waals surface area contributed by atoms with Gasteiger partial charge in [-0.3, -0.25) is 14.9 Å². The molecule has 0 spiro atoms. The zero-order chi connectivity index (χ0) is 19.1. The highest BCUT2D eigenvalue weighted by atomic mass is 32.2. The molecular weight excluding hydrogens is 382 g/mol. The summed E-state index contributed by atoms with van der Waals surface area (Å²) in [5.74, 6) is 0.610. The largest absolute Gasteiger partial charge is 0.484 e. The van der Waals surface area contributed by atoms with Crippen LogP contribution in [-0.2, 0) is 4.79 Å². The summed E-state index contributed by atoms with van der Waals surface area (Å²) in [6.07, 6.45) is 0. The number of ketones is 1. The second kappa shape index (κ2) is 9.29. The van der Waals surface area contributed by atoms with Gasteiger partial charge in [0.2, 0.25) is 5.13 Å². The van der Waals surface area contributed by atoms with Crippen LogP contribution in [0.4, 0.5) is 5.13 Å². The van der Waals surface area contributed by atoms with Crippen LogP contribution in [0, 0.1) is 6.92 Å². The third kappa shape index (κ3) is 5.90. The average molecular weight is 399 g/mol. The number of aromatic nitrogens is 2. The fourth-order valence-corrected chi connectivity index (χ4v) is 3.83. The van der Waals surface area contributed by atoms with Crippen molar-refractivity contribution in [3.8, 4) is 5.75 Å². The van der Waals surface area contributed by atoms with Crippen LogP contribution in [-0.4, -0.2) is 34.2 Å². The maximum absolute atomic E-state index is 12.1. The van der Waals surface area contributed by atoms with E-state index in [1.807, 2.05) is 43.3 Å². The Kier molecular flexibility index (Phi) is 6.56. The maximum atomic E-state index is 12.1. The van der Waals surface area contributed by atoms with Crippen LogP contribution in [0.2, 0.25) is 0 Å². The number of amides is 1. The Bertz CT molecular complexity index is 929. The van der Waals surface area contributed by atoms with Crippen molar-refractivity contribution in [1.82, 2.24) is 10.2 Å². The number of carbonyl (C=O) groups excluding carboxylic acids is 2. The second-order valence-electron chi connectivity index (χ2n) is 5.60. The van der Waals surface area contributed by atoms with E-state index in [2.05, 4.69) is 15.5 Å². The molecule has 0 saturated carbocycles. The number of hydrogen-bond donors (Lipinski definition) is 1. The summed E-state index contributed by atoms with van der Waals surface area (Å²) in [4.78, 5) is 24.1. The lowest BCUT2D eigenvalue weighted by Crippen LogP contribution is -2.20. The highest BCUT2D eigenvalue weighted by molar-refractivity contribution is 8.01. The number of carbonyl (C=O) groups is 2. The van der Waals surface area contributed by atoms with Crippen LogP contribution in [0.3, 0.4) is 0 Å². The topological polar surface area (TPSA) is 81.2 Å². The fraction of sp³-hybridized carbons (Fsp3) is 0.158. The Morgan fingerprint density at radius 3 is 2.70 bits per heavy atom.